The number of rotatable bonds is 10. The van der Waals surface area contributed by atoms with Gasteiger partial charge in [-0.05, 0) is 68.1 Å². The Morgan fingerprint density at radius 2 is 1.78 bits per heavy atom. The third-order valence-corrected chi connectivity index (χ3v) is 8.52. The monoisotopic (exact) mass is 579 g/mol. The molecule has 1 atom stereocenters. The first-order valence-electron chi connectivity index (χ1n) is 12.0. The maximum atomic E-state index is 13.6. The number of nitrogens with zero attached hydrogens (tertiary/aromatic N) is 2. The van der Waals surface area contributed by atoms with Crippen molar-refractivity contribution in [1.29, 1.82) is 0 Å². The summed E-state index contributed by atoms with van der Waals surface area (Å²) in [5.74, 6) is -0.0300. The van der Waals surface area contributed by atoms with Crippen molar-refractivity contribution in [2.75, 3.05) is 24.2 Å². The Bertz CT molecular complexity index is 1180. The number of benzene rings is 2. The molecule has 196 valence electrons. The van der Waals surface area contributed by atoms with E-state index >= 15 is 0 Å². The molecule has 1 aliphatic carbocycles. The highest BCUT2D eigenvalue weighted by Gasteiger charge is 2.31. The van der Waals surface area contributed by atoms with Crippen LogP contribution in [0.1, 0.15) is 43.7 Å². The van der Waals surface area contributed by atoms with Crippen molar-refractivity contribution in [3.8, 4) is 5.75 Å². The molecule has 10 heteroatoms. The third-order valence-electron chi connectivity index (χ3n) is 6.49. The molecule has 0 spiro atoms. The van der Waals surface area contributed by atoms with Crippen LogP contribution >= 0.6 is 15.9 Å². The van der Waals surface area contributed by atoms with E-state index in [1.165, 1.54) is 4.90 Å². The first-order chi connectivity index (χ1) is 17.0. The molecule has 0 unspecified atom stereocenters. The fraction of sp³-hybridized carbons (Fsp3) is 0.462. The van der Waals surface area contributed by atoms with E-state index in [-0.39, 0.29) is 18.5 Å². The molecule has 3 rings (SSSR count). The highest BCUT2D eigenvalue weighted by molar-refractivity contribution is 9.10. The highest BCUT2D eigenvalue weighted by Crippen LogP contribution is 2.25. The minimum absolute atomic E-state index is 0.108. The summed E-state index contributed by atoms with van der Waals surface area (Å²) in [4.78, 5) is 28.2. The van der Waals surface area contributed by atoms with Crippen molar-refractivity contribution < 1.29 is 22.7 Å². The molecule has 0 aliphatic heterocycles. The molecule has 2 aromatic carbocycles. The number of sulfonamides is 1. The number of halogens is 1. The zero-order valence-electron chi connectivity index (χ0n) is 21.2. The SMILES string of the molecule is COc1ccc(CN(C(=O)CN(c2ccc(Br)c(C)c2)S(C)(=O)=O)[C@@H](C)C(=O)NC2CCCC2)cc1. The van der Waals surface area contributed by atoms with Gasteiger partial charge in [-0.15, -0.1) is 0 Å². The van der Waals surface area contributed by atoms with E-state index in [0.717, 1.165) is 51.8 Å². The predicted molar refractivity (Wildman–Crippen MR) is 144 cm³/mol. The number of amides is 2. The second-order valence-corrected chi connectivity index (χ2v) is 12.0. The Labute approximate surface area is 222 Å². The van der Waals surface area contributed by atoms with Crippen molar-refractivity contribution >= 4 is 43.5 Å². The molecule has 36 heavy (non-hydrogen) atoms. The van der Waals surface area contributed by atoms with Gasteiger partial charge in [0.15, 0.2) is 0 Å². The minimum atomic E-state index is -3.77. The van der Waals surface area contributed by atoms with E-state index in [0.29, 0.717) is 11.4 Å². The molecule has 2 amide bonds. The van der Waals surface area contributed by atoms with Crippen molar-refractivity contribution in [3.05, 3.63) is 58.1 Å². The number of aryl methyl sites for hydroxylation is 1. The van der Waals surface area contributed by atoms with Crippen LogP contribution < -0.4 is 14.4 Å². The van der Waals surface area contributed by atoms with Gasteiger partial charge in [0.1, 0.15) is 18.3 Å². The molecule has 1 N–H and O–H groups in total. The fourth-order valence-corrected chi connectivity index (χ4v) is 5.39. The van der Waals surface area contributed by atoms with Crippen LogP contribution in [-0.4, -0.2) is 57.1 Å². The van der Waals surface area contributed by atoms with Crippen LogP contribution in [-0.2, 0) is 26.2 Å². The Morgan fingerprint density at radius 3 is 2.33 bits per heavy atom. The summed E-state index contributed by atoms with van der Waals surface area (Å²) in [6.07, 6.45) is 5.07. The number of nitrogens with one attached hydrogen (secondary N) is 1. The maximum absolute atomic E-state index is 13.6. The number of ether oxygens (including phenoxy) is 1. The Morgan fingerprint density at radius 1 is 1.14 bits per heavy atom. The topological polar surface area (TPSA) is 96.0 Å². The zero-order chi connectivity index (χ0) is 26.5. The number of methoxy groups -OCH3 is 1. The van der Waals surface area contributed by atoms with Gasteiger partial charge in [0.2, 0.25) is 21.8 Å². The van der Waals surface area contributed by atoms with Gasteiger partial charge in [0.05, 0.1) is 19.1 Å². The Balaban J connectivity index is 1.88. The average molecular weight is 581 g/mol. The Kier molecular flexibility index (Phi) is 9.41. The summed E-state index contributed by atoms with van der Waals surface area (Å²) in [5.41, 5.74) is 2.03. The second kappa shape index (κ2) is 12.1. The van der Waals surface area contributed by atoms with Gasteiger partial charge in [-0.3, -0.25) is 13.9 Å². The van der Waals surface area contributed by atoms with E-state index in [9.17, 15) is 18.0 Å². The third kappa shape index (κ3) is 7.22. The van der Waals surface area contributed by atoms with Crippen LogP contribution in [0, 0.1) is 6.92 Å². The number of carbonyl (C=O) groups is 2. The van der Waals surface area contributed by atoms with Crippen LogP contribution in [0.3, 0.4) is 0 Å². The lowest BCUT2D eigenvalue weighted by Crippen LogP contribution is -2.52. The van der Waals surface area contributed by atoms with Crippen LogP contribution in [0.25, 0.3) is 0 Å². The molecule has 1 saturated carbocycles. The maximum Gasteiger partial charge on any atom is 0.244 e. The van der Waals surface area contributed by atoms with Crippen LogP contribution in [0.4, 0.5) is 5.69 Å². The molecule has 2 aromatic rings. The molecule has 1 fully saturated rings. The van der Waals surface area contributed by atoms with E-state index in [1.54, 1.807) is 44.4 Å². The minimum Gasteiger partial charge on any atom is -0.497 e. The van der Waals surface area contributed by atoms with Crippen molar-refractivity contribution in [3.63, 3.8) is 0 Å². The van der Waals surface area contributed by atoms with Gasteiger partial charge in [0, 0.05) is 17.1 Å². The largest absolute Gasteiger partial charge is 0.497 e. The molecule has 0 aromatic heterocycles. The van der Waals surface area contributed by atoms with Crippen molar-refractivity contribution in [2.45, 2.75) is 58.2 Å². The first kappa shape index (κ1) is 28.0. The van der Waals surface area contributed by atoms with Crippen molar-refractivity contribution in [2.24, 2.45) is 0 Å². The first-order valence-corrected chi connectivity index (χ1v) is 14.6. The van der Waals surface area contributed by atoms with E-state index < -0.39 is 28.5 Å². The van der Waals surface area contributed by atoms with Gasteiger partial charge in [-0.1, -0.05) is 40.9 Å². The summed E-state index contributed by atoms with van der Waals surface area (Å²) in [6.45, 7) is 3.26. The normalized spacial score (nSPS) is 14.8. The molecular weight excluding hydrogens is 546 g/mol. The fourth-order valence-electron chi connectivity index (χ4n) is 4.30. The summed E-state index contributed by atoms with van der Waals surface area (Å²) in [5, 5.41) is 3.06. The molecule has 0 saturated heterocycles. The lowest BCUT2D eigenvalue weighted by atomic mass is 10.1. The highest BCUT2D eigenvalue weighted by atomic mass is 79.9. The molecule has 0 bridgehead atoms. The van der Waals surface area contributed by atoms with Gasteiger partial charge < -0.3 is 15.0 Å². The van der Waals surface area contributed by atoms with E-state index in [2.05, 4.69) is 21.2 Å². The number of hydrogen-bond donors (Lipinski definition) is 1. The van der Waals surface area contributed by atoms with Crippen LogP contribution in [0.15, 0.2) is 46.9 Å². The van der Waals surface area contributed by atoms with E-state index in [1.807, 2.05) is 19.1 Å². The molecule has 1 aliphatic rings. The predicted octanol–water partition coefficient (Wildman–Crippen LogP) is 4.01. The van der Waals surface area contributed by atoms with Gasteiger partial charge in [-0.25, -0.2) is 8.42 Å². The molecule has 8 nitrogen and oxygen atoms in total. The van der Waals surface area contributed by atoms with Crippen LogP contribution in [0.5, 0.6) is 5.75 Å². The number of hydrogen-bond acceptors (Lipinski definition) is 5. The summed E-state index contributed by atoms with van der Waals surface area (Å²) in [7, 11) is -2.20. The number of carbonyl (C=O) groups excluding carboxylic acids is 2. The average Bonchev–Trinajstić information content (AvgIpc) is 3.35. The lowest BCUT2D eigenvalue weighted by Gasteiger charge is -2.32. The number of anilines is 1. The summed E-state index contributed by atoms with van der Waals surface area (Å²) in [6, 6.07) is 11.7. The van der Waals surface area contributed by atoms with E-state index in [4.69, 9.17) is 4.74 Å². The van der Waals surface area contributed by atoms with Crippen molar-refractivity contribution in [1.82, 2.24) is 10.2 Å². The quantitative estimate of drug-likeness (QED) is 0.459. The summed E-state index contributed by atoms with van der Waals surface area (Å²) < 4.78 is 32.5. The Hall–Kier alpha value is -2.59. The smallest absolute Gasteiger partial charge is 0.244 e. The van der Waals surface area contributed by atoms with Gasteiger partial charge >= 0.3 is 0 Å². The zero-order valence-corrected chi connectivity index (χ0v) is 23.6. The molecular formula is C26H34BrN3O5S. The summed E-state index contributed by atoms with van der Waals surface area (Å²) >= 11 is 3.42. The molecule has 0 radical (unpaired) electrons. The van der Waals surface area contributed by atoms with Gasteiger partial charge in [-0.2, -0.15) is 0 Å². The van der Waals surface area contributed by atoms with Gasteiger partial charge in [0.25, 0.3) is 0 Å². The second-order valence-electron chi connectivity index (χ2n) is 9.24. The lowest BCUT2D eigenvalue weighted by molar-refractivity contribution is -0.139. The van der Waals surface area contributed by atoms with Crippen LogP contribution in [0.2, 0.25) is 0 Å². The standard InChI is InChI=1S/C26H34BrN3O5S/c1-18-15-22(11-14-24(18)27)30(36(4,33)34)17-25(31)29(16-20-9-12-23(35-3)13-10-20)19(2)26(32)28-21-7-5-6-8-21/h9-15,19,21H,5-8,16-17H2,1-4H3,(H,28,32)/t19-/m0/s1. The molecule has 0 heterocycles.